The van der Waals surface area contributed by atoms with Gasteiger partial charge in [0.25, 0.3) is 0 Å². The van der Waals surface area contributed by atoms with Crippen molar-refractivity contribution in [2.75, 3.05) is 19.7 Å². The summed E-state index contributed by atoms with van der Waals surface area (Å²) < 4.78 is 5.63. The predicted octanol–water partition coefficient (Wildman–Crippen LogP) is 2.70. The third-order valence-corrected chi connectivity index (χ3v) is 2.37. The lowest BCUT2D eigenvalue weighted by Gasteiger charge is -2.12. The Morgan fingerprint density at radius 3 is 2.67 bits per heavy atom. The molecule has 0 fully saturated rings. The lowest BCUT2D eigenvalue weighted by Crippen LogP contribution is -2.21. The van der Waals surface area contributed by atoms with E-state index in [4.69, 9.17) is 4.74 Å². The summed E-state index contributed by atoms with van der Waals surface area (Å²) in [6.07, 6.45) is 1.10. The van der Waals surface area contributed by atoms with Crippen LogP contribution in [-0.2, 0) is 0 Å². The molecule has 0 amide bonds. The zero-order valence-corrected chi connectivity index (χ0v) is 9.70. The van der Waals surface area contributed by atoms with Crippen molar-refractivity contribution in [1.82, 2.24) is 5.32 Å². The van der Waals surface area contributed by atoms with Gasteiger partial charge in [-0.1, -0.05) is 32.0 Å². The molecule has 1 atom stereocenters. The third-order valence-electron chi connectivity index (χ3n) is 2.37. The van der Waals surface area contributed by atoms with Gasteiger partial charge in [0.15, 0.2) is 0 Å². The number of rotatable bonds is 7. The number of ether oxygens (including phenoxy) is 1. The van der Waals surface area contributed by atoms with Crippen molar-refractivity contribution >= 4 is 0 Å². The number of hydrogen-bond acceptors (Lipinski definition) is 2. The number of hydrogen-bond donors (Lipinski definition) is 1. The molecule has 2 nitrogen and oxygen atoms in total. The first kappa shape index (κ1) is 12.1. The van der Waals surface area contributed by atoms with Crippen LogP contribution in [-0.4, -0.2) is 19.7 Å². The normalized spacial score (nSPS) is 12.4. The first-order valence-electron chi connectivity index (χ1n) is 5.71. The summed E-state index contributed by atoms with van der Waals surface area (Å²) in [5, 5.41) is 3.34. The minimum absolute atomic E-state index is 0.675. The topological polar surface area (TPSA) is 21.3 Å². The van der Waals surface area contributed by atoms with Crippen LogP contribution in [0.1, 0.15) is 20.3 Å². The molecular formula is C13H21NO. The second kappa shape index (κ2) is 7.30. The van der Waals surface area contributed by atoms with Gasteiger partial charge in [-0.2, -0.15) is 0 Å². The Balaban J connectivity index is 2.11. The van der Waals surface area contributed by atoms with E-state index in [9.17, 15) is 0 Å². The second-order valence-corrected chi connectivity index (χ2v) is 3.86. The van der Waals surface area contributed by atoms with Gasteiger partial charge in [0.05, 0.1) is 6.61 Å². The highest BCUT2D eigenvalue weighted by molar-refractivity contribution is 5.20. The molecule has 0 aliphatic carbocycles. The zero-order valence-electron chi connectivity index (χ0n) is 9.70. The number of para-hydroxylation sites is 1. The Kier molecular flexibility index (Phi) is 5.86. The van der Waals surface area contributed by atoms with Crippen molar-refractivity contribution in [3.63, 3.8) is 0 Å². The van der Waals surface area contributed by atoms with E-state index in [-0.39, 0.29) is 0 Å². The summed E-state index contributed by atoms with van der Waals surface area (Å²) in [4.78, 5) is 0. The molecule has 1 rings (SSSR count). The standard InChI is InChI=1S/C13H21NO/c1-3-14-11-12(2)9-10-15-13-7-5-4-6-8-13/h4-8,12,14H,3,9-11H2,1-2H3. The molecule has 0 aromatic heterocycles. The highest BCUT2D eigenvalue weighted by Gasteiger charge is 2.01. The fraction of sp³-hybridized carbons (Fsp3) is 0.538. The van der Waals surface area contributed by atoms with Crippen LogP contribution in [0.25, 0.3) is 0 Å². The molecule has 1 aromatic carbocycles. The molecule has 0 radical (unpaired) electrons. The van der Waals surface area contributed by atoms with Crippen molar-refractivity contribution in [2.24, 2.45) is 5.92 Å². The van der Waals surface area contributed by atoms with Crippen molar-refractivity contribution in [2.45, 2.75) is 20.3 Å². The highest BCUT2D eigenvalue weighted by atomic mass is 16.5. The van der Waals surface area contributed by atoms with E-state index >= 15 is 0 Å². The van der Waals surface area contributed by atoms with Gasteiger partial charge < -0.3 is 10.1 Å². The lowest BCUT2D eigenvalue weighted by atomic mass is 10.1. The maximum absolute atomic E-state index is 5.63. The highest BCUT2D eigenvalue weighted by Crippen LogP contribution is 2.09. The predicted molar refractivity (Wildman–Crippen MR) is 64.3 cm³/mol. The van der Waals surface area contributed by atoms with Crippen LogP contribution in [0.3, 0.4) is 0 Å². The molecule has 1 unspecified atom stereocenters. The van der Waals surface area contributed by atoms with Gasteiger partial charge in [-0.05, 0) is 37.6 Å². The van der Waals surface area contributed by atoms with Crippen LogP contribution in [0, 0.1) is 5.92 Å². The second-order valence-electron chi connectivity index (χ2n) is 3.86. The summed E-state index contributed by atoms with van der Waals surface area (Å²) in [7, 11) is 0. The zero-order chi connectivity index (χ0) is 10.9. The molecule has 15 heavy (non-hydrogen) atoms. The fourth-order valence-electron chi connectivity index (χ4n) is 1.39. The SMILES string of the molecule is CCNCC(C)CCOc1ccccc1. The first-order valence-corrected chi connectivity index (χ1v) is 5.71. The van der Waals surface area contributed by atoms with Crippen LogP contribution in [0.15, 0.2) is 30.3 Å². The van der Waals surface area contributed by atoms with Crippen LogP contribution in [0.5, 0.6) is 5.75 Å². The quantitative estimate of drug-likeness (QED) is 0.742. The van der Waals surface area contributed by atoms with Gasteiger partial charge in [-0.3, -0.25) is 0 Å². The molecule has 0 saturated carbocycles. The first-order chi connectivity index (χ1) is 7.33. The lowest BCUT2D eigenvalue weighted by molar-refractivity contribution is 0.281. The Labute approximate surface area is 92.6 Å². The van der Waals surface area contributed by atoms with Gasteiger partial charge in [0.2, 0.25) is 0 Å². The molecule has 1 aromatic rings. The van der Waals surface area contributed by atoms with Gasteiger partial charge in [-0.15, -0.1) is 0 Å². The largest absolute Gasteiger partial charge is 0.494 e. The molecule has 0 aliphatic rings. The Morgan fingerprint density at radius 1 is 1.27 bits per heavy atom. The molecule has 84 valence electrons. The minimum atomic E-state index is 0.675. The molecule has 0 saturated heterocycles. The van der Waals surface area contributed by atoms with E-state index in [1.807, 2.05) is 30.3 Å². The van der Waals surface area contributed by atoms with Crippen molar-refractivity contribution in [3.8, 4) is 5.75 Å². The van der Waals surface area contributed by atoms with Gasteiger partial charge in [0.1, 0.15) is 5.75 Å². The minimum Gasteiger partial charge on any atom is -0.494 e. The van der Waals surface area contributed by atoms with E-state index < -0.39 is 0 Å². The van der Waals surface area contributed by atoms with Crippen LogP contribution in [0.4, 0.5) is 0 Å². The summed E-state index contributed by atoms with van der Waals surface area (Å²) in [5.74, 6) is 1.64. The molecule has 0 aliphatic heterocycles. The Hall–Kier alpha value is -1.02. The maximum Gasteiger partial charge on any atom is 0.119 e. The number of benzene rings is 1. The van der Waals surface area contributed by atoms with Crippen LogP contribution < -0.4 is 10.1 Å². The van der Waals surface area contributed by atoms with Crippen LogP contribution in [0.2, 0.25) is 0 Å². The van der Waals surface area contributed by atoms with Gasteiger partial charge >= 0.3 is 0 Å². The van der Waals surface area contributed by atoms with Crippen molar-refractivity contribution in [3.05, 3.63) is 30.3 Å². The van der Waals surface area contributed by atoms with Crippen LogP contribution >= 0.6 is 0 Å². The van der Waals surface area contributed by atoms with Crippen molar-refractivity contribution < 1.29 is 4.74 Å². The van der Waals surface area contributed by atoms with Crippen molar-refractivity contribution in [1.29, 1.82) is 0 Å². The average Bonchev–Trinajstić information content (AvgIpc) is 2.28. The molecule has 1 N–H and O–H groups in total. The molecule has 0 bridgehead atoms. The molecular weight excluding hydrogens is 186 g/mol. The maximum atomic E-state index is 5.63. The van der Waals surface area contributed by atoms with E-state index in [2.05, 4.69) is 19.2 Å². The molecule has 0 spiro atoms. The Bertz CT molecular complexity index is 248. The van der Waals surface area contributed by atoms with Gasteiger partial charge in [-0.25, -0.2) is 0 Å². The Morgan fingerprint density at radius 2 is 2.00 bits per heavy atom. The van der Waals surface area contributed by atoms with E-state index in [0.717, 1.165) is 31.9 Å². The summed E-state index contributed by atoms with van der Waals surface area (Å²) in [5.41, 5.74) is 0. The summed E-state index contributed by atoms with van der Waals surface area (Å²) >= 11 is 0. The summed E-state index contributed by atoms with van der Waals surface area (Å²) in [6.45, 7) is 7.30. The van der Waals surface area contributed by atoms with E-state index in [1.54, 1.807) is 0 Å². The van der Waals surface area contributed by atoms with E-state index in [1.165, 1.54) is 0 Å². The van der Waals surface area contributed by atoms with Gasteiger partial charge in [0, 0.05) is 0 Å². The smallest absolute Gasteiger partial charge is 0.119 e. The molecule has 2 heteroatoms. The molecule has 0 heterocycles. The third kappa shape index (κ3) is 5.43. The number of nitrogens with one attached hydrogen (secondary N) is 1. The monoisotopic (exact) mass is 207 g/mol. The van der Waals surface area contributed by atoms with E-state index in [0.29, 0.717) is 5.92 Å². The fourth-order valence-corrected chi connectivity index (χ4v) is 1.39. The summed E-state index contributed by atoms with van der Waals surface area (Å²) in [6, 6.07) is 9.99. The average molecular weight is 207 g/mol.